The van der Waals surface area contributed by atoms with Crippen LogP contribution in [0.3, 0.4) is 0 Å². The van der Waals surface area contributed by atoms with Crippen LogP contribution in [-0.2, 0) is 4.79 Å². The molecule has 5 nitrogen and oxygen atoms in total. The highest BCUT2D eigenvalue weighted by Gasteiger charge is 2.24. The molecule has 0 bridgehead atoms. The molecule has 1 aromatic heterocycles. The molecule has 0 saturated carbocycles. The van der Waals surface area contributed by atoms with Crippen LogP contribution >= 0.6 is 23.4 Å². The molecule has 1 aliphatic heterocycles. The summed E-state index contributed by atoms with van der Waals surface area (Å²) in [5, 5.41) is 8.93. The van der Waals surface area contributed by atoms with Gasteiger partial charge in [-0.3, -0.25) is 4.79 Å². The fourth-order valence-corrected chi connectivity index (χ4v) is 3.61. The first kappa shape index (κ1) is 17.3. The summed E-state index contributed by atoms with van der Waals surface area (Å²) in [6, 6.07) is 7.21. The van der Waals surface area contributed by atoms with E-state index in [0.717, 1.165) is 31.5 Å². The van der Waals surface area contributed by atoms with Crippen molar-refractivity contribution in [2.75, 3.05) is 13.1 Å². The second-order valence-corrected chi connectivity index (χ2v) is 7.61. The molecule has 3 rings (SSSR count). The standard InChI is InChI=1S/C17H20ClN3O2S/c1-12(16(22)21-10-4-2-3-5-11-21)24-17-20-19-15(23-17)13-6-8-14(18)9-7-13/h6-9,12H,2-5,10-11H2,1H3/t12-/m1/s1. The normalized spacial score (nSPS) is 16.7. The Balaban J connectivity index is 1.63. The lowest BCUT2D eigenvalue weighted by molar-refractivity contribution is -0.130. The van der Waals surface area contributed by atoms with Gasteiger partial charge in [0.15, 0.2) is 0 Å². The quantitative estimate of drug-likeness (QED) is 0.757. The number of hydrogen-bond donors (Lipinski definition) is 0. The van der Waals surface area contributed by atoms with Gasteiger partial charge in [0.25, 0.3) is 5.22 Å². The van der Waals surface area contributed by atoms with E-state index in [0.29, 0.717) is 16.1 Å². The van der Waals surface area contributed by atoms with Crippen LogP contribution in [-0.4, -0.2) is 39.3 Å². The number of amides is 1. The third kappa shape index (κ3) is 4.30. The summed E-state index contributed by atoms with van der Waals surface area (Å²) in [5.74, 6) is 0.580. The fraction of sp³-hybridized carbons (Fsp3) is 0.471. The average Bonchev–Trinajstić information content (AvgIpc) is 2.88. The van der Waals surface area contributed by atoms with Crippen molar-refractivity contribution in [2.24, 2.45) is 0 Å². The number of aromatic nitrogens is 2. The van der Waals surface area contributed by atoms with E-state index in [1.54, 1.807) is 12.1 Å². The van der Waals surface area contributed by atoms with Gasteiger partial charge in [0.05, 0.1) is 5.25 Å². The molecule has 0 aliphatic carbocycles. The van der Waals surface area contributed by atoms with E-state index in [1.807, 2.05) is 24.0 Å². The minimum Gasteiger partial charge on any atom is -0.411 e. The minimum absolute atomic E-state index is 0.146. The lowest BCUT2D eigenvalue weighted by Gasteiger charge is -2.23. The molecule has 128 valence electrons. The summed E-state index contributed by atoms with van der Waals surface area (Å²) in [7, 11) is 0. The molecule has 1 aromatic carbocycles. The molecule has 0 N–H and O–H groups in total. The van der Waals surface area contributed by atoms with Gasteiger partial charge in [0.2, 0.25) is 11.8 Å². The summed E-state index contributed by atoms with van der Waals surface area (Å²) in [6.07, 6.45) is 4.59. The van der Waals surface area contributed by atoms with Gasteiger partial charge in [-0.15, -0.1) is 10.2 Å². The second-order valence-electron chi connectivity index (χ2n) is 5.88. The van der Waals surface area contributed by atoms with Gasteiger partial charge in [0, 0.05) is 23.7 Å². The number of carbonyl (C=O) groups excluding carboxylic acids is 1. The Morgan fingerprint density at radius 2 is 1.83 bits per heavy atom. The zero-order valence-corrected chi connectivity index (χ0v) is 15.1. The van der Waals surface area contributed by atoms with Crippen LogP contribution in [0.5, 0.6) is 0 Å². The fourth-order valence-electron chi connectivity index (χ4n) is 2.72. The van der Waals surface area contributed by atoms with Gasteiger partial charge >= 0.3 is 0 Å². The number of benzene rings is 1. The van der Waals surface area contributed by atoms with Crippen molar-refractivity contribution in [3.8, 4) is 11.5 Å². The summed E-state index contributed by atoms with van der Waals surface area (Å²) in [6.45, 7) is 3.59. The Labute approximate surface area is 150 Å². The van der Waals surface area contributed by atoms with Gasteiger partial charge in [-0.25, -0.2) is 0 Å². The molecule has 1 saturated heterocycles. The predicted octanol–water partition coefficient (Wildman–Crippen LogP) is 4.27. The Bertz CT molecular complexity index is 681. The number of nitrogens with zero attached hydrogens (tertiary/aromatic N) is 3. The molecule has 7 heteroatoms. The molecule has 0 unspecified atom stereocenters. The number of likely N-dealkylation sites (tertiary alicyclic amines) is 1. The summed E-state index contributed by atoms with van der Waals surface area (Å²) in [4.78, 5) is 14.5. The first-order valence-corrected chi connectivity index (χ1v) is 9.44. The Kier molecular flexibility index (Phi) is 5.79. The SMILES string of the molecule is C[C@@H](Sc1nnc(-c2ccc(Cl)cc2)o1)C(=O)N1CCCCCC1. The number of halogens is 1. The molecule has 2 aromatic rings. The molecule has 1 fully saturated rings. The maximum Gasteiger partial charge on any atom is 0.277 e. The molecule has 1 amide bonds. The third-order valence-corrected chi connectivity index (χ3v) is 5.21. The number of carbonyl (C=O) groups is 1. The van der Waals surface area contributed by atoms with E-state index < -0.39 is 0 Å². The lowest BCUT2D eigenvalue weighted by Crippen LogP contribution is -2.37. The molecule has 24 heavy (non-hydrogen) atoms. The van der Waals surface area contributed by atoms with Crippen LogP contribution in [0, 0.1) is 0 Å². The highest BCUT2D eigenvalue weighted by molar-refractivity contribution is 8.00. The van der Waals surface area contributed by atoms with Crippen LogP contribution in [0.1, 0.15) is 32.6 Å². The zero-order chi connectivity index (χ0) is 16.9. The maximum atomic E-state index is 12.6. The molecule has 1 aliphatic rings. The van der Waals surface area contributed by atoms with Crippen LogP contribution < -0.4 is 0 Å². The third-order valence-electron chi connectivity index (χ3n) is 4.04. The second kappa shape index (κ2) is 8.03. The number of thioether (sulfide) groups is 1. The summed E-state index contributed by atoms with van der Waals surface area (Å²) in [5.41, 5.74) is 0.810. The largest absolute Gasteiger partial charge is 0.411 e. The van der Waals surface area contributed by atoms with Crippen LogP contribution in [0.25, 0.3) is 11.5 Å². The Morgan fingerprint density at radius 1 is 1.17 bits per heavy atom. The number of hydrogen-bond acceptors (Lipinski definition) is 5. The summed E-state index contributed by atoms with van der Waals surface area (Å²) >= 11 is 7.19. The average molecular weight is 366 g/mol. The van der Waals surface area contributed by atoms with Crippen LogP contribution in [0.15, 0.2) is 33.9 Å². The molecule has 0 radical (unpaired) electrons. The van der Waals surface area contributed by atoms with Gasteiger partial charge in [0.1, 0.15) is 0 Å². The van der Waals surface area contributed by atoms with Gasteiger partial charge in [-0.2, -0.15) is 0 Å². The highest BCUT2D eigenvalue weighted by Crippen LogP contribution is 2.28. The monoisotopic (exact) mass is 365 g/mol. The van der Waals surface area contributed by atoms with Crippen molar-refractivity contribution in [3.05, 3.63) is 29.3 Å². The molecule has 0 spiro atoms. The highest BCUT2D eigenvalue weighted by atomic mass is 35.5. The zero-order valence-electron chi connectivity index (χ0n) is 13.6. The van der Waals surface area contributed by atoms with E-state index in [-0.39, 0.29) is 11.2 Å². The molecular formula is C17H20ClN3O2S. The molecule has 1 atom stereocenters. The van der Waals surface area contributed by atoms with Gasteiger partial charge in [-0.05, 0) is 44.0 Å². The Morgan fingerprint density at radius 3 is 2.50 bits per heavy atom. The topological polar surface area (TPSA) is 59.2 Å². The molecule has 2 heterocycles. The van der Waals surface area contributed by atoms with Crippen LogP contribution in [0.2, 0.25) is 5.02 Å². The van der Waals surface area contributed by atoms with Crippen molar-refractivity contribution >= 4 is 29.3 Å². The summed E-state index contributed by atoms with van der Waals surface area (Å²) < 4.78 is 5.67. The molecular weight excluding hydrogens is 346 g/mol. The lowest BCUT2D eigenvalue weighted by atomic mass is 10.2. The van der Waals surface area contributed by atoms with Crippen molar-refractivity contribution in [3.63, 3.8) is 0 Å². The van der Waals surface area contributed by atoms with Gasteiger partial charge in [-0.1, -0.05) is 36.2 Å². The van der Waals surface area contributed by atoms with Crippen molar-refractivity contribution < 1.29 is 9.21 Å². The minimum atomic E-state index is -0.235. The van der Waals surface area contributed by atoms with Gasteiger partial charge < -0.3 is 9.32 Å². The van der Waals surface area contributed by atoms with E-state index >= 15 is 0 Å². The van der Waals surface area contributed by atoms with E-state index in [4.69, 9.17) is 16.0 Å². The first-order chi connectivity index (χ1) is 11.6. The Hall–Kier alpha value is -1.53. The maximum absolute atomic E-state index is 12.6. The van der Waals surface area contributed by atoms with Crippen molar-refractivity contribution in [2.45, 2.75) is 43.1 Å². The first-order valence-electron chi connectivity index (χ1n) is 8.18. The predicted molar refractivity (Wildman–Crippen MR) is 95.1 cm³/mol. The smallest absolute Gasteiger partial charge is 0.277 e. The van der Waals surface area contributed by atoms with E-state index in [1.165, 1.54) is 24.6 Å². The van der Waals surface area contributed by atoms with Crippen molar-refractivity contribution in [1.82, 2.24) is 15.1 Å². The van der Waals surface area contributed by atoms with Crippen molar-refractivity contribution in [1.29, 1.82) is 0 Å². The van der Waals surface area contributed by atoms with E-state index in [9.17, 15) is 4.79 Å². The van der Waals surface area contributed by atoms with Crippen LogP contribution in [0.4, 0.5) is 0 Å². The van der Waals surface area contributed by atoms with E-state index in [2.05, 4.69) is 10.2 Å². The number of rotatable bonds is 4.